The third-order valence-electron chi connectivity index (χ3n) is 5.33. The topological polar surface area (TPSA) is 42.0 Å². The van der Waals surface area contributed by atoms with Gasteiger partial charge in [-0.25, -0.2) is 4.39 Å². The van der Waals surface area contributed by atoms with Gasteiger partial charge in [0, 0.05) is 32.8 Å². The van der Waals surface area contributed by atoms with Crippen molar-refractivity contribution >= 4 is 11.6 Å². The Kier molecular flexibility index (Phi) is 5.76. The number of ether oxygens (including phenoxy) is 2. The summed E-state index contributed by atoms with van der Waals surface area (Å²) in [6.45, 7) is 3.55. The maximum absolute atomic E-state index is 14.0. The van der Waals surface area contributed by atoms with Crippen molar-refractivity contribution in [1.82, 2.24) is 4.90 Å². The molecule has 2 aromatic carbocycles. The second kappa shape index (κ2) is 8.61. The highest BCUT2D eigenvalue weighted by Gasteiger charge is 2.26. The molecule has 1 amide bonds. The van der Waals surface area contributed by atoms with Gasteiger partial charge in [-0.2, -0.15) is 0 Å². The van der Waals surface area contributed by atoms with Crippen LogP contribution in [0.25, 0.3) is 0 Å². The predicted octanol–water partition coefficient (Wildman–Crippen LogP) is 3.35. The number of hydrogen-bond acceptors (Lipinski definition) is 4. The molecule has 0 spiro atoms. The Labute approximate surface area is 164 Å². The quantitative estimate of drug-likeness (QED) is 0.793. The van der Waals surface area contributed by atoms with Gasteiger partial charge in [-0.15, -0.1) is 0 Å². The number of nitrogens with zero attached hydrogens (tertiary/aromatic N) is 2. The van der Waals surface area contributed by atoms with Crippen LogP contribution in [-0.4, -0.2) is 56.3 Å². The maximum Gasteiger partial charge on any atom is 0.257 e. The zero-order valence-corrected chi connectivity index (χ0v) is 15.9. The number of piperazine rings is 1. The van der Waals surface area contributed by atoms with E-state index in [4.69, 9.17) is 9.47 Å². The molecule has 2 fully saturated rings. The van der Waals surface area contributed by atoms with Crippen molar-refractivity contribution in [2.75, 3.05) is 44.3 Å². The highest BCUT2D eigenvalue weighted by molar-refractivity contribution is 5.97. The lowest BCUT2D eigenvalue weighted by Crippen LogP contribution is -2.49. The van der Waals surface area contributed by atoms with E-state index in [2.05, 4.69) is 0 Å². The van der Waals surface area contributed by atoms with Gasteiger partial charge in [-0.1, -0.05) is 24.3 Å². The normalized spacial score (nSPS) is 19.7. The minimum atomic E-state index is -0.227. The first-order valence-corrected chi connectivity index (χ1v) is 9.84. The molecule has 2 heterocycles. The molecule has 0 bridgehead atoms. The van der Waals surface area contributed by atoms with Crippen molar-refractivity contribution in [3.63, 3.8) is 0 Å². The van der Waals surface area contributed by atoms with Crippen molar-refractivity contribution in [2.45, 2.75) is 18.9 Å². The van der Waals surface area contributed by atoms with Crippen LogP contribution in [0.1, 0.15) is 23.2 Å². The van der Waals surface area contributed by atoms with E-state index in [0.29, 0.717) is 49.8 Å². The number of rotatable bonds is 5. The average molecular weight is 384 g/mol. The van der Waals surface area contributed by atoms with Gasteiger partial charge in [0.15, 0.2) is 0 Å². The van der Waals surface area contributed by atoms with E-state index in [1.165, 1.54) is 6.07 Å². The Bertz CT molecular complexity index is 815. The van der Waals surface area contributed by atoms with Crippen molar-refractivity contribution < 1.29 is 18.7 Å². The summed E-state index contributed by atoms with van der Waals surface area (Å²) in [6, 6.07) is 14.1. The van der Waals surface area contributed by atoms with E-state index in [9.17, 15) is 9.18 Å². The molecule has 6 heteroatoms. The van der Waals surface area contributed by atoms with Gasteiger partial charge >= 0.3 is 0 Å². The van der Waals surface area contributed by atoms with Crippen LogP contribution >= 0.6 is 0 Å². The number of halogens is 1. The molecular weight excluding hydrogens is 359 g/mol. The van der Waals surface area contributed by atoms with Gasteiger partial charge in [0.2, 0.25) is 0 Å². The first-order valence-electron chi connectivity index (χ1n) is 9.84. The highest BCUT2D eigenvalue weighted by Crippen LogP contribution is 2.24. The lowest BCUT2D eigenvalue weighted by molar-refractivity contribution is 0.0648. The number of para-hydroxylation sites is 2. The van der Waals surface area contributed by atoms with E-state index in [-0.39, 0.29) is 17.8 Å². The van der Waals surface area contributed by atoms with Gasteiger partial charge < -0.3 is 19.3 Å². The second-order valence-electron chi connectivity index (χ2n) is 7.17. The average Bonchev–Trinajstić information content (AvgIpc) is 3.26. The third kappa shape index (κ3) is 4.12. The number of anilines is 1. The molecule has 1 atom stereocenters. The van der Waals surface area contributed by atoms with E-state index < -0.39 is 0 Å². The fourth-order valence-electron chi connectivity index (χ4n) is 3.76. The van der Waals surface area contributed by atoms with Crippen LogP contribution in [0.3, 0.4) is 0 Å². The standard InChI is InChI=1S/C22H25FN2O3/c23-19-8-2-3-9-20(19)24-11-13-25(14-12-24)22(26)18-7-1-4-10-21(18)28-16-17-6-5-15-27-17/h1-4,7-10,17H,5-6,11-16H2. The zero-order valence-electron chi connectivity index (χ0n) is 15.9. The third-order valence-corrected chi connectivity index (χ3v) is 5.33. The number of carbonyl (C=O) groups excluding carboxylic acids is 1. The van der Waals surface area contributed by atoms with E-state index >= 15 is 0 Å². The number of hydrogen-bond donors (Lipinski definition) is 0. The summed E-state index contributed by atoms with van der Waals surface area (Å²) in [5.74, 6) is 0.325. The van der Waals surface area contributed by atoms with Crippen LogP contribution in [-0.2, 0) is 4.74 Å². The maximum atomic E-state index is 14.0. The molecule has 2 saturated heterocycles. The number of amides is 1. The molecule has 5 nitrogen and oxygen atoms in total. The smallest absolute Gasteiger partial charge is 0.257 e. The Hall–Kier alpha value is -2.60. The molecular formula is C22H25FN2O3. The van der Waals surface area contributed by atoms with Crippen LogP contribution in [0.2, 0.25) is 0 Å². The number of benzene rings is 2. The molecule has 0 radical (unpaired) electrons. The van der Waals surface area contributed by atoms with Crippen LogP contribution in [0, 0.1) is 5.82 Å². The van der Waals surface area contributed by atoms with E-state index in [1.807, 2.05) is 34.1 Å². The first kappa shape index (κ1) is 18.7. The molecule has 2 aliphatic heterocycles. The molecule has 28 heavy (non-hydrogen) atoms. The molecule has 2 aromatic rings. The van der Waals surface area contributed by atoms with Crippen LogP contribution in [0.15, 0.2) is 48.5 Å². The summed E-state index contributed by atoms with van der Waals surface area (Å²) in [6.07, 6.45) is 2.15. The van der Waals surface area contributed by atoms with Crippen LogP contribution < -0.4 is 9.64 Å². The molecule has 4 rings (SSSR count). The van der Waals surface area contributed by atoms with E-state index in [1.54, 1.807) is 18.2 Å². The van der Waals surface area contributed by atoms with Crippen LogP contribution in [0.4, 0.5) is 10.1 Å². The lowest BCUT2D eigenvalue weighted by atomic mass is 10.1. The Morgan fingerprint density at radius 2 is 1.82 bits per heavy atom. The van der Waals surface area contributed by atoms with Crippen molar-refractivity contribution in [2.24, 2.45) is 0 Å². The van der Waals surface area contributed by atoms with Gasteiger partial charge in [0.1, 0.15) is 18.2 Å². The van der Waals surface area contributed by atoms with Gasteiger partial charge in [0.05, 0.1) is 17.4 Å². The Balaban J connectivity index is 1.39. The molecule has 148 valence electrons. The molecule has 0 saturated carbocycles. The second-order valence-corrected chi connectivity index (χ2v) is 7.17. The Morgan fingerprint density at radius 1 is 1.07 bits per heavy atom. The molecule has 0 N–H and O–H groups in total. The molecule has 2 aliphatic rings. The number of carbonyl (C=O) groups is 1. The van der Waals surface area contributed by atoms with Crippen molar-refractivity contribution in [3.8, 4) is 5.75 Å². The van der Waals surface area contributed by atoms with Gasteiger partial charge in [-0.3, -0.25) is 4.79 Å². The SMILES string of the molecule is O=C(c1ccccc1OCC1CCCO1)N1CCN(c2ccccc2F)CC1. The van der Waals surface area contributed by atoms with E-state index in [0.717, 1.165) is 19.4 Å². The Morgan fingerprint density at radius 3 is 2.57 bits per heavy atom. The largest absolute Gasteiger partial charge is 0.490 e. The minimum Gasteiger partial charge on any atom is -0.490 e. The van der Waals surface area contributed by atoms with Crippen LogP contribution in [0.5, 0.6) is 5.75 Å². The summed E-state index contributed by atoms with van der Waals surface area (Å²) >= 11 is 0. The summed E-state index contributed by atoms with van der Waals surface area (Å²) in [5, 5.41) is 0. The monoisotopic (exact) mass is 384 g/mol. The van der Waals surface area contributed by atoms with Gasteiger partial charge in [0.25, 0.3) is 5.91 Å². The molecule has 0 aliphatic carbocycles. The van der Waals surface area contributed by atoms with Gasteiger partial charge in [-0.05, 0) is 37.1 Å². The fraction of sp³-hybridized carbons (Fsp3) is 0.409. The van der Waals surface area contributed by atoms with Crippen molar-refractivity contribution in [3.05, 3.63) is 59.9 Å². The fourth-order valence-corrected chi connectivity index (χ4v) is 3.76. The summed E-state index contributed by atoms with van der Waals surface area (Å²) in [7, 11) is 0. The molecule has 1 unspecified atom stereocenters. The zero-order chi connectivity index (χ0) is 19.3. The molecule has 0 aromatic heterocycles. The minimum absolute atomic E-state index is 0.0453. The lowest BCUT2D eigenvalue weighted by Gasteiger charge is -2.36. The summed E-state index contributed by atoms with van der Waals surface area (Å²) in [5.41, 5.74) is 1.16. The van der Waals surface area contributed by atoms with Crippen molar-refractivity contribution in [1.29, 1.82) is 0 Å². The first-order chi connectivity index (χ1) is 13.7. The summed E-state index contributed by atoms with van der Waals surface area (Å²) < 4.78 is 25.5. The highest BCUT2D eigenvalue weighted by atomic mass is 19.1. The summed E-state index contributed by atoms with van der Waals surface area (Å²) in [4.78, 5) is 16.8. The predicted molar refractivity (Wildman–Crippen MR) is 105 cm³/mol.